The number of carbonyl (C=O) groups is 2. The Labute approximate surface area is 203 Å². The van der Waals surface area contributed by atoms with Crippen molar-refractivity contribution in [2.24, 2.45) is 0 Å². The number of methoxy groups -OCH3 is 1. The maximum absolute atomic E-state index is 13.9. The van der Waals surface area contributed by atoms with Crippen molar-refractivity contribution >= 4 is 22.5 Å². The molecule has 0 radical (unpaired) electrons. The number of fused-ring (bicyclic) bond motifs is 1. The third-order valence-electron chi connectivity index (χ3n) is 6.02. The summed E-state index contributed by atoms with van der Waals surface area (Å²) in [5, 5.41) is 0.684. The van der Waals surface area contributed by atoms with E-state index < -0.39 is 5.92 Å². The van der Waals surface area contributed by atoms with E-state index in [1.165, 1.54) is 0 Å². The van der Waals surface area contributed by atoms with Gasteiger partial charge in [-0.05, 0) is 29.8 Å². The van der Waals surface area contributed by atoms with Crippen LogP contribution >= 0.6 is 0 Å². The van der Waals surface area contributed by atoms with E-state index >= 15 is 0 Å². The molecule has 4 nitrogen and oxygen atoms in total. The van der Waals surface area contributed by atoms with E-state index in [0.717, 1.165) is 5.56 Å². The summed E-state index contributed by atoms with van der Waals surface area (Å²) in [5.74, 6) is -0.385. The molecule has 4 heteroatoms. The summed E-state index contributed by atoms with van der Waals surface area (Å²) >= 11 is 0. The Bertz CT molecular complexity index is 1440. The van der Waals surface area contributed by atoms with Gasteiger partial charge in [0.25, 0.3) is 0 Å². The predicted octanol–water partition coefficient (Wildman–Crippen LogP) is 7.24. The van der Waals surface area contributed by atoms with Gasteiger partial charge in [-0.25, -0.2) is 4.42 Å². The maximum atomic E-state index is 13.9. The number of hydrogen-bond acceptors (Lipinski definition) is 3. The Morgan fingerprint density at radius 1 is 0.686 bits per heavy atom. The molecule has 0 atom stereocenters. The van der Waals surface area contributed by atoms with Gasteiger partial charge in [0.05, 0.1) is 24.1 Å². The number of ether oxygens (including phenoxy) is 1. The van der Waals surface area contributed by atoms with Gasteiger partial charge in [0.1, 0.15) is 11.7 Å². The van der Waals surface area contributed by atoms with Crippen LogP contribution in [-0.2, 0) is 0 Å². The van der Waals surface area contributed by atoms with E-state index in [1.54, 1.807) is 67.8 Å². The van der Waals surface area contributed by atoms with Crippen molar-refractivity contribution in [3.05, 3.63) is 132 Å². The Morgan fingerprint density at radius 2 is 1.23 bits per heavy atom. The van der Waals surface area contributed by atoms with E-state index in [2.05, 4.69) is 0 Å². The van der Waals surface area contributed by atoms with Crippen LogP contribution in [0, 0.1) is 0 Å². The van der Waals surface area contributed by atoms with E-state index in [-0.39, 0.29) is 11.6 Å². The number of hydrogen-bond donors (Lipinski definition) is 0. The lowest BCUT2D eigenvalue weighted by atomic mass is 9.82. The van der Waals surface area contributed by atoms with Crippen molar-refractivity contribution in [1.29, 1.82) is 0 Å². The van der Waals surface area contributed by atoms with Crippen LogP contribution in [0.5, 0.6) is 5.75 Å². The highest BCUT2D eigenvalue weighted by Crippen LogP contribution is 2.36. The molecule has 0 fully saturated rings. The minimum absolute atomic E-state index is 0.262. The number of benzene rings is 4. The van der Waals surface area contributed by atoms with Crippen LogP contribution in [0.1, 0.15) is 32.2 Å². The Balaban J connectivity index is 1.78. The highest BCUT2D eigenvalue weighted by molar-refractivity contribution is 6.21. The molecule has 4 aromatic carbocycles. The van der Waals surface area contributed by atoms with E-state index in [1.807, 2.05) is 54.6 Å². The number of rotatable bonds is 7. The molecule has 0 N–H and O–H groups in total. The van der Waals surface area contributed by atoms with Crippen molar-refractivity contribution in [2.45, 2.75) is 5.92 Å². The van der Waals surface area contributed by atoms with Gasteiger partial charge in [-0.15, -0.1) is 0 Å². The van der Waals surface area contributed by atoms with E-state index in [0.29, 0.717) is 39.2 Å². The second kappa shape index (κ2) is 9.74. The predicted molar refractivity (Wildman–Crippen MR) is 137 cm³/mol. The molecule has 5 rings (SSSR count). The minimum atomic E-state index is -1.05. The second-order valence-corrected chi connectivity index (χ2v) is 8.19. The van der Waals surface area contributed by atoms with Gasteiger partial charge in [-0.1, -0.05) is 78.9 Å². The van der Waals surface area contributed by atoms with Crippen molar-refractivity contribution in [3.8, 4) is 17.1 Å². The van der Waals surface area contributed by atoms with Gasteiger partial charge in [-0.3, -0.25) is 9.59 Å². The second-order valence-electron chi connectivity index (χ2n) is 8.19. The van der Waals surface area contributed by atoms with Gasteiger partial charge < -0.3 is 4.74 Å². The quantitative estimate of drug-likeness (QED) is 0.146. The topological polar surface area (TPSA) is 54.7 Å². The van der Waals surface area contributed by atoms with Crippen LogP contribution in [0.2, 0.25) is 0 Å². The summed E-state index contributed by atoms with van der Waals surface area (Å²) < 4.78 is 11.7. The van der Waals surface area contributed by atoms with Crippen molar-refractivity contribution in [1.82, 2.24) is 0 Å². The molecule has 0 aliphatic rings. The van der Waals surface area contributed by atoms with E-state index in [4.69, 9.17) is 9.15 Å². The van der Waals surface area contributed by atoms with Crippen molar-refractivity contribution in [3.63, 3.8) is 0 Å². The summed E-state index contributed by atoms with van der Waals surface area (Å²) in [6.45, 7) is 0. The molecule has 0 unspecified atom stereocenters. The third kappa shape index (κ3) is 4.46. The summed E-state index contributed by atoms with van der Waals surface area (Å²) in [4.78, 5) is 27.8. The third-order valence-corrected chi connectivity index (χ3v) is 6.02. The first kappa shape index (κ1) is 22.2. The van der Waals surface area contributed by atoms with Crippen LogP contribution in [0.4, 0.5) is 0 Å². The number of ketones is 2. The molecular formula is C31H23O4+. The summed E-state index contributed by atoms with van der Waals surface area (Å²) in [5.41, 5.74) is 2.93. The first-order valence-corrected chi connectivity index (χ1v) is 11.3. The maximum Gasteiger partial charge on any atom is 0.364 e. The zero-order valence-electron chi connectivity index (χ0n) is 19.2. The molecule has 0 amide bonds. The summed E-state index contributed by atoms with van der Waals surface area (Å²) in [6, 6.07) is 34.7. The Hall–Kier alpha value is -4.57. The van der Waals surface area contributed by atoms with Gasteiger partial charge in [0, 0.05) is 17.2 Å². The van der Waals surface area contributed by atoms with Gasteiger partial charge in [-0.2, -0.15) is 0 Å². The van der Waals surface area contributed by atoms with Crippen LogP contribution in [0.3, 0.4) is 0 Å². The minimum Gasteiger partial charge on any atom is -0.496 e. The fourth-order valence-corrected chi connectivity index (χ4v) is 4.24. The molecule has 5 aromatic rings. The Kier molecular flexibility index (Phi) is 6.18. The standard InChI is InChI=1S/C31H23O4/c1-34-24-17-18-25-26(20-27(35-28(25)19-24)21-11-5-2-6-12-21)29(30(32)22-13-7-3-8-14-22)31(33)23-15-9-4-10-16-23/h2-20,29H,1H3/q+1. The van der Waals surface area contributed by atoms with Gasteiger partial charge in [0.2, 0.25) is 0 Å². The number of carbonyl (C=O) groups excluding carboxylic acids is 2. The first-order chi connectivity index (χ1) is 17.2. The average Bonchev–Trinajstić information content (AvgIpc) is 2.94. The van der Waals surface area contributed by atoms with Crippen molar-refractivity contribution in [2.75, 3.05) is 7.11 Å². The molecule has 0 aliphatic heterocycles. The van der Waals surface area contributed by atoms with Crippen LogP contribution in [-0.4, -0.2) is 18.7 Å². The lowest BCUT2D eigenvalue weighted by Crippen LogP contribution is -2.23. The van der Waals surface area contributed by atoms with Crippen LogP contribution in [0.25, 0.3) is 22.3 Å². The zero-order chi connectivity index (χ0) is 24.2. The SMILES string of the molecule is COc1ccc2c(C(C(=O)c3ccccc3)C(=O)c3ccccc3)cc(-c3ccccc3)[o+]c2c1. The molecule has 0 spiro atoms. The molecule has 0 aliphatic carbocycles. The lowest BCUT2D eigenvalue weighted by molar-refractivity contribution is 0.0861. The van der Waals surface area contributed by atoms with Crippen LogP contribution in [0.15, 0.2) is 120 Å². The Morgan fingerprint density at radius 3 is 1.77 bits per heavy atom. The monoisotopic (exact) mass is 459 g/mol. The largest absolute Gasteiger partial charge is 0.496 e. The molecular weight excluding hydrogens is 436 g/mol. The molecule has 170 valence electrons. The summed E-state index contributed by atoms with van der Waals surface area (Å²) in [6.07, 6.45) is 0. The highest BCUT2D eigenvalue weighted by atomic mass is 16.5. The molecule has 1 heterocycles. The molecule has 35 heavy (non-hydrogen) atoms. The molecule has 1 aromatic heterocycles. The molecule has 0 saturated carbocycles. The number of Topliss-reactive ketones (excluding diaryl/α,β-unsaturated/α-hetero) is 2. The van der Waals surface area contributed by atoms with Crippen molar-refractivity contribution < 1.29 is 18.7 Å². The fourth-order valence-electron chi connectivity index (χ4n) is 4.24. The zero-order valence-corrected chi connectivity index (χ0v) is 19.2. The molecule has 0 bridgehead atoms. The first-order valence-electron chi connectivity index (χ1n) is 11.3. The molecule has 0 saturated heterocycles. The van der Waals surface area contributed by atoms with Crippen LogP contribution < -0.4 is 4.74 Å². The smallest absolute Gasteiger partial charge is 0.364 e. The normalized spacial score (nSPS) is 10.9. The average molecular weight is 460 g/mol. The van der Waals surface area contributed by atoms with Gasteiger partial charge >= 0.3 is 11.3 Å². The fraction of sp³-hybridized carbons (Fsp3) is 0.0645. The highest BCUT2D eigenvalue weighted by Gasteiger charge is 2.35. The lowest BCUT2D eigenvalue weighted by Gasteiger charge is -2.16. The van der Waals surface area contributed by atoms with Gasteiger partial charge in [0.15, 0.2) is 11.6 Å². The van der Waals surface area contributed by atoms with E-state index in [9.17, 15) is 9.59 Å². The summed E-state index contributed by atoms with van der Waals surface area (Å²) in [7, 11) is 1.59.